The number of amides is 1. The fraction of sp³-hybridized carbons (Fsp3) is 0.591. The monoisotopic (exact) mass is 478 g/mol. The number of benzene rings is 1. The molecule has 2 aliphatic heterocycles. The summed E-state index contributed by atoms with van der Waals surface area (Å²) in [5, 5.41) is 0.0701. The number of likely N-dealkylation sites (tertiary alicyclic amines) is 1. The van der Waals surface area contributed by atoms with E-state index >= 15 is 0 Å². The molecule has 10 nitrogen and oxygen atoms in total. The lowest BCUT2D eigenvalue weighted by Gasteiger charge is -2.21. The van der Waals surface area contributed by atoms with Crippen molar-refractivity contribution in [3.05, 3.63) is 39.0 Å². The van der Waals surface area contributed by atoms with Gasteiger partial charge < -0.3 is 9.64 Å². The first-order valence-electron chi connectivity index (χ1n) is 11.4. The first-order chi connectivity index (χ1) is 15.8. The Hall–Kier alpha value is -2.50. The normalized spacial score (nSPS) is 19.7. The lowest BCUT2D eigenvalue weighted by Crippen LogP contribution is -2.44. The fourth-order valence-corrected chi connectivity index (χ4v) is 5.54. The zero-order valence-electron chi connectivity index (χ0n) is 18.8. The Kier molecular flexibility index (Phi) is 7.01. The second kappa shape index (κ2) is 9.78. The molecule has 0 aliphatic carbocycles. The summed E-state index contributed by atoms with van der Waals surface area (Å²) in [5.41, 5.74) is -0.975. The molecule has 11 heteroatoms. The van der Waals surface area contributed by atoms with Crippen LogP contribution in [0, 0.1) is 0 Å². The number of nitrogens with one attached hydrogen (secondary N) is 1. The van der Waals surface area contributed by atoms with Crippen LogP contribution in [0.25, 0.3) is 10.9 Å². The van der Waals surface area contributed by atoms with Gasteiger partial charge in [-0.2, -0.15) is 0 Å². The van der Waals surface area contributed by atoms with Gasteiger partial charge in [-0.25, -0.2) is 17.9 Å². The topological polar surface area (TPSA) is 120 Å². The highest BCUT2D eigenvalue weighted by Gasteiger charge is 2.23. The summed E-state index contributed by atoms with van der Waals surface area (Å²) in [6.07, 6.45) is 5.43. The molecule has 1 aromatic carbocycles. The highest BCUT2D eigenvalue weighted by atomic mass is 32.2. The number of carbonyl (C=O) groups excluding carboxylic acids is 1. The van der Waals surface area contributed by atoms with Crippen molar-refractivity contribution in [2.24, 2.45) is 7.05 Å². The van der Waals surface area contributed by atoms with Gasteiger partial charge >= 0.3 is 5.69 Å². The maximum atomic E-state index is 13.2. The van der Waals surface area contributed by atoms with Gasteiger partial charge in [0.2, 0.25) is 15.9 Å². The third kappa shape index (κ3) is 5.04. The summed E-state index contributed by atoms with van der Waals surface area (Å²) in [7, 11) is -2.38. The lowest BCUT2D eigenvalue weighted by molar-refractivity contribution is -0.131. The van der Waals surface area contributed by atoms with Crippen LogP contribution in [0.2, 0.25) is 0 Å². The summed E-state index contributed by atoms with van der Waals surface area (Å²) in [5.74, 6) is -0.280. The third-order valence-corrected chi connectivity index (χ3v) is 7.83. The first kappa shape index (κ1) is 23.7. The van der Waals surface area contributed by atoms with Gasteiger partial charge in [0.15, 0.2) is 0 Å². The SMILES string of the molecule is Cn1c(=O)n(CC(=O)N2CCCCCC2)c(=O)c2cc(S(=O)(=O)NC[C@@H]3CCCO3)ccc21. The average molecular weight is 479 g/mol. The van der Waals surface area contributed by atoms with E-state index in [2.05, 4.69) is 4.72 Å². The molecule has 1 N–H and O–H groups in total. The number of ether oxygens (including phenoxy) is 1. The van der Waals surface area contributed by atoms with Gasteiger partial charge in [0.1, 0.15) is 6.54 Å². The molecule has 3 heterocycles. The summed E-state index contributed by atoms with van der Waals surface area (Å²) in [6, 6.07) is 4.08. The van der Waals surface area contributed by atoms with Gasteiger partial charge in [0.25, 0.3) is 5.56 Å². The Balaban J connectivity index is 1.65. The molecule has 0 spiro atoms. The molecular formula is C22H30N4O6S. The molecule has 2 fully saturated rings. The molecule has 0 radical (unpaired) electrons. The van der Waals surface area contributed by atoms with Crippen molar-refractivity contribution < 1.29 is 17.9 Å². The van der Waals surface area contributed by atoms with Crippen LogP contribution >= 0.6 is 0 Å². The number of nitrogens with zero attached hydrogens (tertiary/aromatic N) is 3. The number of aromatic nitrogens is 2. The van der Waals surface area contributed by atoms with Crippen LogP contribution in [0.4, 0.5) is 0 Å². The molecule has 0 saturated carbocycles. The van der Waals surface area contributed by atoms with Crippen molar-refractivity contribution in [1.29, 1.82) is 0 Å². The Morgan fingerprint density at radius 3 is 2.52 bits per heavy atom. The van der Waals surface area contributed by atoms with E-state index < -0.39 is 21.3 Å². The average Bonchev–Trinajstić information content (AvgIpc) is 3.18. The molecule has 180 valence electrons. The van der Waals surface area contributed by atoms with Crippen molar-refractivity contribution in [1.82, 2.24) is 18.8 Å². The maximum Gasteiger partial charge on any atom is 0.331 e. The molecule has 0 unspecified atom stereocenters. The minimum Gasteiger partial charge on any atom is -0.377 e. The zero-order chi connectivity index (χ0) is 23.6. The first-order valence-corrected chi connectivity index (χ1v) is 12.9. The lowest BCUT2D eigenvalue weighted by atomic mass is 10.2. The Bertz CT molecular complexity index is 1250. The summed E-state index contributed by atoms with van der Waals surface area (Å²) >= 11 is 0. The smallest absolute Gasteiger partial charge is 0.331 e. The van der Waals surface area contributed by atoms with Crippen LogP contribution < -0.4 is 16.0 Å². The predicted molar refractivity (Wildman–Crippen MR) is 123 cm³/mol. The molecule has 1 amide bonds. The number of fused-ring (bicyclic) bond motifs is 1. The molecular weight excluding hydrogens is 448 g/mol. The second-order valence-corrected chi connectivity index (χ2v) is 10.5. The van der Waals surface area contributed by atoms with E-state index in [0.29, 0.717) is 25.2 Å². The highest BCUT2D eigenvalue weighted by molar-refractivity contribution is 7.89. The second-order valence-electron chi connectivity index (χ2n) is 8.69. The van der Waals surface area contributed by atoms with Gasteiger partial charge in [0, 0.05) is 33.3 Å². The Labute approximate surface area is 192 Å². The van der Waals surface area contributed by atoms with Gasteiger partial charge in [-0.05, 0) is 43.9 Å². The summed E-state index contributed by atoms with van der Waals surface area (Å²) in [6.45, 7) is 1.63. The minimum absolute atomic E-state index is 0.0701. The molecule has 33 heavy (non-hydrogen) atoms. The standard InChI is InChI=1S/C22H30N4O6S/c1-24-19-9-8-17(33(30,31)23-14-16-7-6-12-32-16)13-18(19)21(28)26(22(24)29)15-20(27)25-10-4-2-3-5-11-25/h8-9,13,16,23H,2-7,10-12,14-15H2,1H3/t16-/m0/s1. The minimum atomic E-state index is -3.88. The Morgan fingerprint density at radius 1 is 1.12 bits per heavy atom. The largest absolute Gasteiger partial charge is 0.377 e. The number of carbonyl (C=O) groups is 1. The van der Waals surface area contributed by atoms with Crippen molar-refractivity contribution >= 4 is 26.8 Å². The predicted octanol–water partition coefficient (Wildman–Crippen LogP) is 0.560. The van der Waals surface area contributed by atoms with Crippen LogP contribution in [-0.4, -0.2) is 60.7 Å². The van der Waals surface area contributed by atoms with E-state index in [-0.39, 0.29) is 35.4 Å². The van der Waals surface area contributed by atoms with E-state index in [1.807, 2.05) is 0 Å². The van der Waals surface area contributed by atoms with E-state index in [1.165, 1.54) is 29.8 Å². The number of hydrogen-bond donors (Lipinski definition) is 1. The van der Waals surface area contributed by atoms with Crippen molar-refractivity contribution in [3.63, 3.8) is 0 Å². The number of rotatable bonds is 6. The van der Waals surface area contributed by atoms with Gasteiger partial charge in [0.05, 0.1) is 21.9 Å². The van der Waals surface area contributed by atoms with Crippen LogP contribution in [-0.2, 0) is 33.1 Å². The quantitative estimate of drug-likeness (QED) is 0.648. The summed E-state index contributed by atoms with van der Waals surface area (Å²) in [4.78, 5) is 40.4. The van der Waals surface area contributed by atoms with E-state index in [9.17, 15) is 22.8 Å². The number of hydrogen-bond acceptors (Lipinski definition) is 6. The van der Waals surface area contributed by atoms with Crippen molar-refractivity contribution in [2.45, 2.75) is 56.1 Å². The third-order valence-electron chi connectivity index (χ3n) is 6.41. The van der Waals surface area contributed by atoms with Crippen LogP contribution in [0.3, 0.4) is 0 Å². The maximum absolute atomic E-state index is 13.2. The van der Waals surface area contributed by atoms with Crippen LogP contribution in [0.1, 0.15) is 38.5 Å². The molecule has 4 rings (SSSR count). The van der Waals surface area contributed by atoms with Gasteiger partial charge in [-0.3, -0.25) is 18.7 Å². The molecule has 2 aliphatic rings. The van der Waals surface area contributed by atoms with Crippen molar-refractivity contribution in [3.8, 4) is 0 Å². The number of sulfonamides is 1. The van der Waals surface area contributed by atoms with Gasteiger partial charge in [-0.15, -0.1) is 0 Å². The highest BCUT2D eigenvalue weighted by Crippen LogP contribution is 2.17. The number of aryl methyl sites for hydroxylation is 1. The van der Waals surface area contributed by atoms with Crippen molar-refractivity contribution in [2.75, 3.05) is 26.2 Å². The van der Waals surface area contributed by atoms with E-state index in [1.54, 1.807) is 4.90 Å². The molecule has 1 aromatic heterocycles. The van der Waals surface area contributed by atoms with Crippen LogP contribution in [0.15, 0.2) is 32.7 Å². The molecule has 0 bridgehead atoms. The van der Waals surface area contributed by atoms with E-state index in [0.717, 1.165) is 43.1 Å². The van der Waals surface area contributed by atoms with Gasteiger partial charge in [-0.1, -0.05) is 12.8 Å². The van der Waals surface area contributed by atoms with Crippen LogP contribution in [0.5, 0.6) is 0 Å². The molecule has 2 saturated heterocycles. The van der Waals surface area contributed by atoms with E-state index in [4.69, 9.17) is 4.74 Å². The fourth-order valence-electron chi connectivity index (χ4n) is 4.45. The Morgan fingerprint density at radius 2 is 1.85 bits per heavy atom. The molecule has 1 atom stereocenters. The molecule has 2 aromatic rings. The summed E-state index contributed by atoms with van der Waals surface area (Å²) < 4.78 is 35.7. The zero-order valence-corrected chi connectivity index (χ0v) is 19.6.